The number of benzene rings is 1. The monoisotopic (exact) mass is 281 g/mol. The molecule has 1 rings (SSSR count). The molecule has 0 aliphatic rings. The molecule has 0 fully saturated rings. The van der Waals surface area contributed by atoms with Crippen LogP contribution in [0.15, 0.2) is 12.1 Å². The number of methoxy groups -OCH3 is 2. The van der Waals surface area contributed by atoms with Crippen LogP contribution in [0.5, 0.6) is 5.75 Å². The number of hydrogen-bond donors (Lipinski definition) is 2. The predicted molar refractivity (Wildman–Crippen MR) is 81.4 cm³/mol. The summed E-state index contributed by atoms with van der Waals surface area (Å²) in [5.74, 6) is 0.784. The van der Waals surface area contributed by atoms with Crippen molar-refractivity contribution in [3.05, 3.63) is 28.8 Å². The molecule has 114 valence electrons. The molecule has 0 bridgehead atoms. The normalized spacial score (nSPS) is 14.1. The maximum Gasteiger partial charge on any atom is 0.128 e. The SMILES string of the molecule is COCCNCCC(C)(O)c1ccc(C)c(C)c1OC. The van der Waals surface area contributed by atoms with Gasteiger partial charge in [-0.2, -0.15) is 0 Å². The average molecular weight is 281 g/mol. The molecule has 0 saturated carbocycles. The highest BCUT2D eigenvalue weighted by Gasteiger charge is 2.27. The second kappa shape index (κ2) is 7.62. The van der Waals surface area contributed by atoms with Crippen molar-refractivity contribution in [2.45, 2.75) is 32.8 Å². The number of nitrogens with one attached hydrogen (secondary N) is 1. The summed E-state index contributed by atoms with van der Waals surface area (Å²) < 4.78 is 10.5. The van der Waals surface area contributed by atoms with Gasteiger partial charge < -0.3 is 19.9 Å². The fourth-order valence-electron chi connectivity index (χ4n) is 2.24. The van der Waals surface area contributed by atoms with Gasteiger partial charge in [0, 0.05) is 19.2 Å². The summed E-state index contributed by atoms with van der Waals surface area (Å²) >= 11 is 0. The van der Waals surface area contributed by atoms with Gasteiger partial charge in [-0.05, 0) is 44.9 Å². The number of rotatable bonds is 8. The average Bonchev–Trinajstić information content (AvgIpc) is 2.41. The lowest BCUT2D eigenvalue weighted by Crippen LogP contribution is -2.30. The van der Waals surface area contributed by atoms with E-state index >= 15 is 0 Å². The first-order chi connectivity index (χ1) is 9.44. The minimum absolute atomic E-state index is 0.621. The van der Waals surface area contributed by atoms with E-state index in [0.717, 1.165) is 30.0 Å². The van der Waals surface area contributed by atoms with E-state index in [1.54, 1.807) is 14.2 Å². The van der Waals surface area contributed by atoms with Crippen molar-refractivity contribution in [1.82, 2.24) is 5.32 Å². The Bertz CT molecular complexity index is 430. The molecule has 0 aliphatic heterocycles. The van der Waals surface area contributed by atoms with Gasteiger partial charge in [0.1, 0.15) is 5.75 Å². The van der Waals surface area contributed by atoms with E-state index in [-0.39, 0.29) is 0 Å². The van der Waals surface area contributed by atoms with Gasteiger partial charge in [-0.15, -0.1) is 0 Å². The van der Waals surface area contributed by atoms with Crippen LogP contribution in [0.1, 0.15) is 30.0 Å². The second-order valence-corrected chi connectivity index (χ2v) is 5.35. The summed E-state index contributed by atoms with van der Waals surface area (Å²) in [7, 11) is 3.33. The van der Waals surface area contributed by atoms with Crippen molar-refractivity contribution in [2.24, 2.45) is 0 Å². The highest BCUT2D eigenvalue weighted by atomic mass is 16.5. The number of hydrogen-bond acceptors (Lipinski definition) is 4. The Morgan fingerprint density at radius 3 is 2.50 bits per heavy atom. The molecule has 0 radical (unpaired) electrons. The van der Waals surface area contributed by atoms with Gasteiger partial charge >= 0.3 is 0 Å². The van der Waals surface area contributed by atoms with Gasteiger partial charge in [-0.25, -0.2) is 0 Å². The molecule has 1 aromatic carbocycles. The van der Waals surface area contributed by atoms with Crippen LogP contribution in [-0.2, 0) is 10.3 Å². The van der Waals surface area contributed by atoms with Crippen LogP contribution in [0.4, 0.5) is 0 Å². The molecule has 4 heteroatoms. The summed E-state index contributed by atoms with van der Waals surface area (Å²) in [6.45, 7) is 8.09. The highest BCUT2D eigenvalue weighted by Crippen LogP contribution is 2.35. The molecule has 4 nitrogen and oxygen atoms in total. The Balaban J connectivity index is 2.79. The first kappa shape index (κ1) is 17.0. The van der Waals surface area contributed by atoms with Crippen LogP contribution in [-0.4, -0.2) is 39.0 Å². The quantitative estimate of drug-likeness (QED) is 0.717. The van der Waals surface area contributed by atoms with E-state index in [1.165, 1.54) is 5.56 Å². The first-order valence-corrected chi connectivity index (χ1v) is 7.00. The Labute approximate surface area is 122 Å². The van der Waals surface area contributed by atoms with Gasteiger partial charge in [0.05, 0.1) is 19.3 Å². The maximum atomic E-state index is 10.7. The van der Waals surface area contributed by atoms with E-state index in [0.29, 0.717) is 13.0 Å². The second-order valence-electron chi connectivity index (χ2n) is 5.35. The van der Waals surface area contributed by atoms with Crippen molar-refractivity contribution in [3.8, 4) is 5.75 Å². The zero-order valence-electron chi connectivity index (χ0n) is 13.2. The third-order valence-electron chi connectivity index (χ3n) is 3.73. The van der Waals surface area contributed by atoms with E-state index in [2.05, 4.69) is 5.32 Å². The lowest BCUT2D eigenvalue weighted by atomic mass is 9.89. The zero-order valence-corrected chi connectivity index (χ0v) is 13.2. The number of ether oxygens (including phenoxy) is 2. The molecule has 0 aromatic heterocycles. The van der Waals surface area contributed by atoms with Crippen LogP contribution >= 0.6 is 0 Å². The first-order valence-electron chi connectivity index (χ1n) is 7.00. The Morgan fingerprint density at radius 2 is 1.90 bits per heavy atom. The minimum Gasteiger partial charge on any atom is -0.496 e. The third-order valence-corrected chi connectivity index (χ3v) is 3.73. The fourth-order valence-corrected chi connectivity index (χ4v) is 2.24. The van der Waals surface area contributed by atoms with Crippen molar-refractivity contribution in [3.63, 3.8) is 0 Å². The van der Waals surface area contributed by atoms with Crippen molar-refractivity contribution in [1.29, 1.82) is 0 Å². The van der Waals surface area contributed by atoms with Crippen LogP contribution in [0, 0.1) is 13.8 Å². The van der Waals surface area contributed by atoms with Gasteiger partial charge in [-0.1, -0.05) is 12.1 Å². The largest absolute Gasteiger partial charge is 0.496 e. The van der Waals surface area contributed by atoms with Crippen LogP contribution in [0.3, 0.4) is 0 Å². The lowest BCUT2D eigenvalue weighted by Gasteiger charge is -2.27. The summed E-state index contributed by atoms with van der Waals surface area (Å²) in [5, 5.41) is 14.0. The highest BCUT2D eigenvalue weighted by molar-refractivity contribution is 5.47. The lowest BCUT2D eigenvalue weighted by molar-refractivity contribution is 0.0449. The van der Waals surface area contributed by atoms with Crippen molar-refractivity contribution < 1.29 is 14.6 Å². The topological polar surface area (TPSA) is 50.7 Å². The molecule has 0 saturated heterocycles. The van der Waals surface area contributed by atoms with E-state index < -0.39 is 5.60 Å². The molecule has 1 atom stereocenters. The third kappa shape index (κ3) is 4.20. The smallest absolute Gasteiger partial charge is 0.128 e. The molecule has 20 heavy (non-hydrogen) atoms. The molecular weight excluding hydrogens is 254 g/mol. The Morgan fingerprint density at radius 1 is 1.20 bits per heavy atom. The Hall–Kier alpha value is -1.10. The number of aliphatic hydroxyl groups is 1. The van der Waals surface area contributed by atoms with E-state index in [9.17, 15) is 5.11 Å². The van der Waals surface area contributed by atoms with Crippen LogP contribution in [0.25, 0.3) is 0 Å². The Kier molecular flexibility index (Phi) is 6.46. The molecular formula is C16H27NO3. The molecule has 0 heterocycles. The van der Waals surface area contributed by atoms with Gasteiger partial charge in [0.2, 0.25) is 0 Å². The molecule has 0 spiro atoms. The summed E-state index contributed by atoms with van der Waals surface area (Å²) in [6.07, 6.45) is 0.621. The molecule has 0 amide bonds. The fraction of sp³-hybridized carbons (Fsp3) is 0.625. The van der Waals surface area contributed by atoms with Gasteiger partial charge in [-0.3, -0.25) is 0 Å². The molecule has 1 unspecified atom stereocenters. The maximum absolute atomic E-state index is 10.7. The summed E-state index contributed by atoms with van der Waals surface area (Å²) in [6, 6.07) is 3.98. The van der Waals surface area contributed by atoms with Crippen LogP contribution < -0.4 is 10.1 Å². The predicted octanol–water partition coefficient (Wildman–Crippen LogP) is 2.15. The molecule has 2 N–H and O–H groups in total. The van der Waals surface area contributed by atoms with E-state index in [1.807, 2.05) is 32.9 Å². The minimum atomic E-state index is -0.913. The van der Waals surface area contributed by atoms with Crippen molar-refractivity contribution in [2.75, 3.05) is 33.9 Å². The molecule has 1 aromatic rings. The molecule has 0 aliphatic carbocycles. The van der Waals surface area contributed by atoms with E-state index in [4.69, 9.17) is 9.47 Å². The van der Waals surface area contributed by atoms with Gasteiger partial charge in [0.25, 0.3) is 0 Å². The standard InChI is InChI=1S/C16H27NO3/c1-12-6-7-14(15(20-5)13(12)2)16(3,18)8-9-17-10-11-19-4/h6-7,17-18H,8-11H2,1-5H3. The number of aryl methyl sites for hydroxylation is 1. The van der Waals surface area contributed by atoms with Gasteiger partial charge in [0.15, 0.2) is 0 Å². The summed E-state index contributed by atoms with van der Waals surface area (Å²) in [4.78, 5) is 0. The zero-order chi connectivity index (χ0) is 15.2. The summed E-state index contributed by atoms with van der Waals surface area (Å²) in [5.41, 5.74) is 2.18. The van der Waals surface area contributed by atoms with Crippen LogP contribution in [0.2, 0.25) is 0 Å². The van der Waals surface area contributed by atoms with Crippen molar-refractivity contribution >= 4 is 0 Å².